The van der Waals surface area contributed by atoms with Gasteiger partial charge in [-0.25, -0.2) is 4.79 Å². The van der Waals surface area contributed by atoms with Crippen LogP contribution in [0.25, 0.3) is 0 Å². The molecule has 2 saturated heterocycles. The number of benzene rings is 1. The monoisotopic (exact) mass is 669 g/mol. The molecule has 0 aromatic heterocycles. The van der Waals surface area contributed by atoms with Gasteiger partial charge in [-0.1, -0.05) is 88.8 Å². The fourth-order valence-corrected chi connectivity index (χ4v) is 10.5. The molecule has 0 spiro atoms. The number of piperidine rings is 1. The minimum atomic E-state index is -0.399. The maximum absolute atomic E-state index is 12.6. The van der Waals surface area contributed by atoms with E-state index in [2.05, 4.69) is 61.2 Å². The van der Waals surface area contributed by atoms with Crippen LogP contribution in [0.4, 0.5) is 0 Å². The van der Waals surface area contributed by atoms with E-state index in [1.165, 1.54) is 62.5 Å². The van der Waals surface area contributed by atoms with Crippen molar-refractivity contribution >= 4 is 5.97 Å². The topological polar surface area (TPSA) is 68.2 Å². The van der Waals surface area contributed by atoms with Crippen molar-refractivity contribution in [3.05, 3.63) is 82.2 Å². The Morgan fingerprint density at radius 1 is 1.06 bits per heavy atom. The number of carbonyl (C=O) groups is 1. The molecule has 49 heavy (non-hydrogen) atoms. The van der Waals surface area contributed by atoms with Crippen LogP contribution < -0.4 is 0 Å². The number of cyclic esters (lactones) is 1. The molecule has 0 unspecified atom stereocenters. The molecule has 7 rings (SSSR count). The Morgan fingerprint density at radius 3 is 2.67 bits per heavy atom. The van der Waals surface area contributed by atoms with Crippen LogP contribution in [0.3, 0.4) is 0 Å². The van der Waals surface area contributed by atoms with Gasteiger partial charge in [0, 0.05) is 36.4 Å². The summed E-state index contributed by atoms with van der Waals surface area (Å²) >= 11 is 0. The zero-order valence-corrected chi connectivity index (χ0v) is 30.4. The van der Waals surface area contributed by atoms with Crippen molar-refractivity contribution in [2.24, 2.45) is 35.5 Å². The molecule has 1 saturated carbocycles. The van der Waals surface area contributed by atoms with E-state index in [-0.39, 0.29) is 35.8 Å². The number of ether oxygens (including phenoxy) is 3. The van der Waals surface area contributed by atoms with Gasteiger partial charge >= 0.3 is 5.97 Å². The van der Waals surface area contributed by atoms with Crippen molar-refractivity contribution < 1.29 is 24.1 Å². The molecule has 4 heterocycles. The van der Waals surface area contributed by atoms with Gasteiger partial charge < -0.3 is 19.3 Å². The largest absolute Gasteiger partial charge is 0.492 e. The normalized spacial score (nSPS) is 34.3. The van der Waals surface area contributed by atoms with Gasteiger partial charge in [0.15, 0.2) is 11.5 Å². The summed E-state index contributed by atoms with van der Waals surface area (Å²) in [6, 6.07) is 9.61. The summed E-state index contributed by atoms with van der Waals surface area (Å²) in [5.41, 5.74) is 3.35. The second kappa shape index (κ2) is 15.2. The molecule has 6 nitrogen and oxygen atoms in total. The molecule has 3 fully saturated rings. The van der Waals surface area contributed by atoms with Crippen molar-refractivity contribution in [3.8, 4) is 0 Å². The van der Waals surface area contributed by atoms with E-state index in [9.17, 15) is 9.90 Å². The Hall–Kier alpha value is -2.83. The number of hydrogen-bond donors (Lipinski definition) is 1. The summed E-state index contributed by atoms with van der Waals surface area (Å²) < 4.78 is 18.1. The van der Waals surface area contributed by atoms with E-state index in [4.69, 9.17) is 14.2 Å². The number of rotatable bonds is 10. The van der Waals surface area contributed by atoms with Crippen molar-refractivity contribution in [2.45, 2.75) is 129 Å². The van der Waals surface area contributed by atoms with Crippen LogP contribution in [0.1, 0.15) is 109 Å². The number of carbonyl (C=O) groups excluding carboxylic acids is 1. The molecular formula is C43H59NO5. The Morgan fingerprint density at radius 2 is 1.88 bits per heavy atom. The van der Waals surface area contributed by atoms with Crippen molar-refractivity contribution in [3.63, 3.8) is 0 Å². The van der Waals surface area contributed by atoms with Gasteiger partial charge in [0.1, 0.15) is 5.76 Å². The zero-order valence-electron chi connectivity index (χ0n) is 30.4. The molecule has 8 atom stereocenters. The molecule has 1 aromatic carbocycles. The Labute approximate surface area is 294 Å². The molecule has 0 bridgehead atoms. The summed E-state index contributed by atoms with van der Waals surface area (Å²) in [4.78, 5) is 15.3. The number of aryl methyl sites for hydroxylation is 1. The van der Waals surface area contributed by atoms with Crippen LogP contribution in [-0.2, 0) is 31.8 Å². The summed E-state index contributed by atoms with van der Waals surface area (Å²) in [7, 11) is 1.59. The van der Waals surface area contributed by atoms with Gasteiger partial charge in [-0.3, -0.25) is 4.90 Å². The van der Waals surface area contributed by atoms with Crippen molar-refractivity contribution in [2.75, 3.05) is 13.7 Å². The first kappa shape index (κ1) is 34.6. The van der Waals surface area contributed by atoms with Gasteiger partial charge in [-0.05, 0) is 93.2 Å². The summed E-state index contributed by atoms with van der Waals surface area (Å²) in [5.74, 6) is 4.55. The average Bonchev–Trinajstić information content (AvgIpc) is 3.80. The number of allylic oxidation sites excluding steroid dienone is 2. The lowest BCUT2D eigenvalue weighted by Gasteiger charge is -2.50. The number of unbranched alkanes of at least 4 members (excludes halogenated alkanes) is 2. The number of hydrogen-bond acceptors (Lipinski definition) is 6. The predicted octanol–water partition coefficient (Wildman–Crippen LogP) is 8.80. The van der Waals surface area contributed by atoms with Crippen molar-refractivity contribution in [1.29, 1.82) is 0 Å². The maximum Gasteiger partial charge on any atom is 0.343 e. The molecule has 6 heteroatoms. The molecule has 1 aromatic rings. The highest BCUT2D eigenvalue weighted by Crippen LogP contribution is 2.51. The minimum Gasteiger partial charge on any atom is -0.492 e. The minimum absolute atomic E-state index is 0.00969. The Kier molecular flexibility index (Phi) is 10.7. The number of methoxy groups -OCH3 is 1. The van der Waals surface area contributed by atoms with E-state index in [1.54, 1.807) is 14.0 Å². The maximum atomic E-state index is 12.6. The second-order valence-corrected chi connectivity index (χ2v) is 16.1. The van der Waals surface area contributed by atoms with Gasteiger partial charge in [0.25, 0.3) is 0 Å². The number of esters is 1. The number of nitrogens with zero attached hydrogens (tertiary/aromatic N) is 1. The fourth-order valence-electron chi connectivity index (χ4n) is 10.5. The van der Waals surface area contributed by atoms with Crippen LogP contribution in [0.15, 0.2) is 71.1 Å². The molecule has 6 aliphatic rings. The predicted molar refractivity (Wildman–Crippen MR) is 193 cm³/mol. The van der Waals surface area contributed by atoms with E-state index in [1.807, 2.05) is 0 Å². The molecule has 4 aliphatic heterocycles. The van der Waals surface area contributed by atoms with Gasteiger partial charge in [0.05, 0.1) is 18.8 Å². The highest BCUT2D eigenvalue weighted by Gasteiger charge is 2.52. The quantitative estimate of drug-likeness (QED) is 0.153. The third kappa shape index (κ3) is 7.06. The van der Waals surface area contributed by atoms with E-state index in [0.29, 0.717) is 34.7 Å². The van der Waals surface area contributed by atoms with E-state index >= 15 is 0 Å². The second-order valence-electron chi connectivity index (χ2n) is 16.1. The molecule has 1 N–H and O–H groups in total. The van der Waals surface area contributed by atoms with Crippen LogP contribution >= 0.6 is 0 Å². The lowest BCUT2D eigenvalue weighted by Crippen LogP contribution is -2.58. The molecule has 2 aliphatic carbocycles. The average molecular weight is 670 g/mol. The highest BCUT2D eigenvalue weighted by molar-refractivity contribution is 5.93. The SMILES string of the molecule is CCCCCc1cccc(C[C@H]2C[C@@H]([C@@H](O)[C@@H]3C=CC[C@@H](C4CCCC4)C3)N3CCC=C4O/C(=C5\OC(=O)C(C)=C5OC)[C@@H](C)[C@@H]4[C@@H]3C2)c1. The number of fused-ring (bicyclic) bond motifs is 3. The van der Waals surface area contributed by atoms with Crippen LogP contribution in [0.5, 0.6) is 0 Å². The Bertz CT molecular complexity index is 1480. The molecule has 0 amide bonds. The first-order valence-corrected chi connectivity index (χ1v) is 19.6. The van der Waals surface area contributed by atoms with Gasteiger partial charge in [0.2, 0.25) is 5.76 Å². The number of aliphatic hydroxyl groups is 1. The molecule has 0 radical (unpaired) electrons. The molecule has 266 valence electrons. The summed E-state index contributed by atoms with van der Waals surface area (Å²) in [6.45, 7) is 7.16. The number of aliphatic hydroxyl groups excluding tert-OH is 1. The highest BCUT2D eigenvalue weighted by atomic mass is 16.6. The third-order valence-electron chi connectivity index (χ3n) is 13.0. The Balaban J connectivity index is 1.18. The summed E-state index contributed by atoms with van der Waals surface area (Å²) in [6.07, 6.45) is 23.2. The van der Waals surface area contributed by atoms with Crippen LogP contribution in [0, 0.1) is 35.5 Å². The first-order valence-electron chi connectivity index (χ1n) is 19.6. The van der Waals surface area contributed by atoms with Crippen LogP contribution in [0.2, 0.25) is 0 Å². The first-order chi connectivity index (χ1) is 23.9. The van der Waals surface area contributed by atoms with E-state index in [0.717, 1.165) is 56.7 Å². The lowest BCUT2D eigenvalue weighted by atomic mass is 9.70. The zero-order chi connectivity index (χ0) is 34.1. The standard InChI is InChI=1S/C43H59NO5/c1-5-6-7-13-29-14-10-15-30(22-29)23-31-24-35-38-27(2)41(42-40(47-4)28(3)43(46)49-42)48-37(38)20-12-21-44(35)36(25-31)39(45)34-19-11-18-33(26-34)32-16-8-9-17-32/h10-11,14-15,19-20,22,27,31-36,38-39,45H,5-9,12-13,16-18,21,23-26H2,1-4H3/b42-41-/t27-,31+,33+,34+,35-,36-,38+,39-/m0/s1. The fraction of sp³-hybridized carbons (Fsp3) is 0.651. The summed E-state index contributed by atoms with van der Waals surface area (Å²) in [5, 5.41) is 12.5. The van der Waals surface area contributed by atoms with Crippen molar-refractivity contribution in [1.82, 2.24) is 4.90 Å². The molecular weight excluding hydrogens is 610 g/mol. The van der Waals surface area contributed by atoms with Gasteiger partial charge in [-0.2, -0.15) is 0 Å². The smallest absolute Gasteiger partial charge is 0.343 e. The van der Waals surface area contributed by atoms with Gasteiger partial charge in [-0.15, -0.1) is 0 Å². The third-order valence-corrected chi connectivity index (χ3v) is 13.0. The van der Waals surface area contributed by atoms with E-state index < -0.39 is 6.10 Å². The lowest BCUT2D eigenvalue weighted by molar-refractivity contribution is -0.133. The van der Waals surface area contributed by atoms with Crippen LogP contribution in [-0.4, -0.2) is 47.8 Å².